The number of rotatable bonds is 7. The van der Waals surface area contributed by atoms with Crippen molar-refractivity contribution in [1.82, 2.24) is 5.32 Å². The van der Waals surface area contributed by atoms with Crippen LogP contribution in [0.15, 0.2) is 42.5 Å². The van der Waals surface area contributed by atoms with Crippen molar-refractivity contribution in [3.63, 3.8) is 0 Å². The topological polar surface area (TPSA) is 70.7 Å². The SMILES string of the molecule is CC(=O)N(C)c1cccc(NC(=S)NC(=O)CCCOc2ccc(Cl)cc2Cl)c1. The maximum atomic E-state index is 12.0. The predicted molar refractivity (Wildman–Crippen MR) is 121 cm³/mol. The highest BCUT2D eigenvalue weighted by atomic mass is 35.5. The van der Waals surface area contributed by atoms with E-state index in [0.29, 0.717) is 34.5 Å². The molecule has 9 heteroatoms. The van der Waals surface area contributed by atoms with Crippen molar-refractivity contribution in [3.8, 4) is 5.75 Å². The van der Waals surface area contributed by atoms with Crippen LogP contribution in [0, 0.1) is 0 Å². The normalized spacial score (nSPS) is 10.2. The zero-order chi connectivity index (χ0) is 21.4. The van der Waals surface area contributed by atoms with Gasteiger partial charge in [0, 0.05) is 36.8 Å². The number of amides is 2. The molecule has 2 N–H and O–H groups in total. The molecule has 0 atom stereocenters. The molecule has 2 aromatic rings. The summed E-state index contributed by atoms with van der Waals surface area (Å²) in [6, 6.07) is 12.1. The van der Waals surface area contributed by atoms with Crippen LogP contribution >= 0.6 is 35.4 Å². The average Bonchev–Trinajstić information content (AvgIpc) is 2.66. The molecule has 0 saturated heterocycles. The quantitative estimate of drug-likeness (QED) is 0.471. The summed E-state index contributed by atoms with van der Waals surface area (Å²) in [4.78, 5) is 25.0. The van der Waals surface area contributed by atoms with Crippen molar-refractivity contribution >= 4 is 63.7 Å². The van der Waals surface area contributed by atoms with Gasteiger partial charge in [-0.1, -0.05) is 29.3 Å². The number of hydrogen-bond acceptors (Lipinski definition) is 4. The summed E-state index contributed by atoms with van der Waals surface area (Å²) in [7, 11) is 1.68. The molecule has 0 radical (unpaired) electrons. The number of hydrogen-bond donors (Lipinski definition) is 2. The number of thiocarbonyl (C=S) groups is 1. The highest BCUT2D eigenvalue weighted by Crippen LogP contribution is 2.27. The summed E-state index contributed by atoms with van der Waals surface area (Å²) in [5, 5.41) is 6.69. The summed E-state index contributed by atoms with van der Waals surface area (Å²) < 4.78 is 5.55. The average molecular weight is 454 g/mol. The molecule has 0 aromatic heterocycles. The van der Waals surface area contributed by atoms with Gasteiger partial charge in [0.15, 0.2) is 5.11 Å². The first-order valence-corrected chi connectivity index (χ1v) is 9.95. The van der Waals surface area contributed by atoms with E-state index in [1.165, 1.54) is 11.8 Å². The Hall–Kier alpha value is -2.35. The second kappa shape index (κ2) is 11.0. The Balaban J connectivity index is 1.75. The first kappa shape index (κ1) is 22.9. The van der Waals surface area contributed by atoms with Crippen LogP contribution in [0.5, 0.6) is 5.75 Å². The lowest BCUT2D eigenvalue weighted by molar-refractivity contribution is -0.120. The van der Waals surface area contributed by atoms with Gasteiger partial charge in [-0.25, -0.2) is 0 Å². The Labute approximate surface area is 185 Å². The summed E-state index contributed by atoms with van der Waals surface area (Å²) in [6.45, 7) is 1.81. The van der Waals surface area contributed by atoms with Crippen LogP contribution in [-0.4, -0.2) is 30.6 Å². The van der Waals surface area contributed by atoms with Crippen LogP contribution in [0.25, 0.3) is 0 Å². The van der Waals surface area contributed by atoms with Crippen LogP contribution < -0.4 is 20.3 Å². The Morgan fingerprint density at radius 2 is 1.93 bits per heavy atom. The minimum atomic E-state index is -0.231. The standard InChI is InChI=1S/C20H21Cl2N3O3S/c1-13(26)25(2)16-6-3-5-15(12-16)23-20(29)24-19(27)7-4-10-28-18-9-8-14(21)11-17(18)22/h3,5-6,8-9,11-12H,4,7,10H2,1-2H3,(H2,23,24,27,29). The largest absolute Gasteiger partial charge is 0.492 e. The minimum absolute atomic E-state index is 0.0832. The Bertz CT molecular complexity index is 908. The zero-order valence-corrected chi connectivity index (χ0v) is 18.3. The monoisotopic (exact) mass is 453 g/mol. The Kier molecular flexibility index (Phi) is 8.70. The lowest BCUT2D eigenvalue weighted by atomic mass is 10.2. The fourth-order valence-corrected chi connectivity index (χ4v) is 3.03. The number of benzene rings is 2. The second-order valence-electron chi connectivity index (χ2n) is 6.16. The molecule has 154 valence electrons. The number of carbonyl (C=O) groups excluding carboxylic acids is 2. The highest BCUT2D eigenvalue weighted by Gasteiger charge is 2.09. The minimum Gasteiger partial charge on any atom is -0.492 e. The number of anilines is 2. The van der Waals surface area contributed by atoms with Gasteiger partial charge in [0.05, 0.1) is 11.6 Å². The van der Waals surface area contributed by atoms with E-state index in [2.05, 4.69) is 10.6 Å². The van der Waals surface area contributed by atoms with Crippen molar-refractivity contribution in [2.75, 3.05) is 23.9 Å². The van der Waals surface area contributed by atoms with E-state index in [1.54, 1.807) is 49.5 Å². The van der Waals surface area contributed by atoms with E-state index in [9.17, 15) is 9.59 Å². The summed E-state index contributed by atoms with van der Waals surface area (Å²) >= 11 is 17.0. The maximum absolute atomic E-state index is 12.0. The smallest absolute Gasteiger partial charge is 0.226 e. The fourth-order valence-electron chi connectivity index (χ4n) is 2.33. The molecule has 2 aromatic carbocycles. The van der Waals surface area contributed by atoms with Crippen molar-refractivity contribution in [2.24, 2.45) is 0 Å². The number of nitrogens with one attached hydrogen (secondary N) is 2. The summed E-state index contributed by atoms with van der Waals surface area (Å²) in [5.41, 5.74) is 1.39. The van der Waals surface area contributed by atoms with Gasteiger partial charge in [0.2, 0.25) is 11.8 Å². The third-order valence-electron chi connectivity index (χ3n) is 3.92. The molecule has 0 unspecified atom stereocenters. The van der Waals surface area contributed by atoms with Crippen molar-refractivity contribution in [2.45, 2.75) is 19.8 Å². The number of nitrogens with zero attached hydrogens (tertiary/aromatic N) is 1. The predicted octanol–water partition coefficient (Wildman–Crippen LogP) is 4.65. The molecule has 2 amide bonds. The van der Waals surface area contributed by atoms with Gasteiger partial charge in [-0.2, -0.15) is 0 Å². The zero-order valence-electron chi connectivity index (χ0n) is 16.0. The van der Waals surface area contributed by atoms with Gasteiger partial charge in [-0.05, 0) is 55.0 Å². The lowest BCUT2D eigenvalue weighted by Gasteiger charge is -2.16. The van der Waals surface area contributed by atoms with E-state index in [1.807, 2.05) is 0 Å². The van der Waals surface area contributed by atoms with E-state index in [0.717, 1.165) is 5.69 Å². The van der Waals surface area contributed by atoms with Crippen LogP contribution in [0.2, 0.25) is 10.0 Å². The third kappa shape index (κ3) is 7.53. The van der Waals surface area contributed by atoms with Gasteiger partial charge in [-0.3, -0.25) is 9.59 Å². The molecular weight excluding hydrogens is 433 g/mol. The summed E-state index contributed by atoms with van der Waals surface area (Å²) in [5.74, 6) is 0.203. The van der Waals surface area contributed by atoms with Gasteiger partial charge in [-0.15, -0.1) is 0 Å². The van der Waals surface area contributed by atoms with Crippen LogP contribution in [0.1, 0.15) is 19.8 Å². The Morgan fingerprint density at radius 1 is 1.17 bits per heavy atom. The van der Waals surface area contributed by atoms with Crippen LogP contribution in [-0.2, 0) is 9.59 Å². The lowest BCUT2D eigenvalue weighted by Crippen LogP contribution is -2.34. The molecule has 0 saturated carbocycles. The molecule has 2 rings (SSSR count). The molecule has 0 fully saturated rings. The molecule has 6 nitrogen and oxygen atoms in total. The fraction of sp³-hybridized carbons (Fsp3) is 0.250. The van der Waals surface area contributed by atoms with Gasteiger partial charge < -0.3 is 20.3 Å². The molecule has 29 heavy (non-hydrogen) atoms. The Morgan fingerprint density at radius 3 is 2.62 bits per heavy atom. The van der Waals surface area contributed by atoms with Gasteiger partial charge in [0.1, 0.15) is 5.75 Å². The van der Waals surface area contributed by atoms with Gasteiger partial charge in [0.25, 0.3) is 0 Å². The first-order valence-electron chi connectivity index (χ1n) is 8.79. The van der Waals surface area contributed by atoms with Crippen LogP contribution in [0.3, 0.4) is 0 Å². The molecule has 0 bridgehead atoms. The van der Waals surface area contributed by atoms with Crippen molar-refractivity contribution in [1.29, 1.82) is 0 Å². The van der Waals surface area contributed by atoms with E-state index >= 15 is 0 Å². The molecule has 0 heterocycles. The summed E-state index contributed by atoms with van der Waals surface area (Å²) in [6.07, 6.45) is 0.729. The van der Waals surface area contributed by atoms with E-state index < -0.39 is 0 Å². The van der Waals surface area contributed by atoms with E-state index in [-0.39, 0.29) is 23.3 Å². The second-order valence-corrected chi connectivity index (χ2v) is 7.41. The maximum Gasteiger partial charge on any atom is 0.226 e. The number of carbonyl (C=O) groups is 2. The first-order chi connectivity index (χ1) is 13.8. The molecule has 0 spiro atoms. The molecular formula is C20H21Cl2N3O3S. The number of ether oxygens (including phenoxy) is 1. The van der Waals surface area contributed by atoms with Gasteiger partial charge >= 0.3 is 0 Å². The molecule has 0 aliphatic rings. The molecule has 0 aliphatic carbocycles. The van der Waals surface area contributed by atoms with Crippen molar-refractivity contribution in [3.05, 3.63) is 52.5 Å². The van der Waals surface area contributed by atoms with Crippen molar-refractivity contribution < 1.29 is 14.3 Å². The third-order valence-corrected chi connectivity index (χ3v) is 4.65. The number of halogens is 2. The van der Waals surface area contributed by atoms with E-state index in [4.69, 9.17) is 40.2 Å². The molecule has 0 aliphatic heterocycles. The van der Waals surface area contributed by atoms with Crippen LogP contribution in [0.4, 0.5) is 11.4 Å². The highest BCUT2D eigenvalue weighted by molar-refractivity contribution is 7.80.